The number of carbonyl (C=O) groups excluding carboxylic acids is 2. The minimum Gasteiger partial charge on any atom is -0.358 e. The Kier molecular flexibility index (Phi) is 3.10. The highest BCUT2D eigenvalue weighted by molar-refractivity contribution is 6.07. The predicted molar refractivity (Wildman–Crippen MR) is 64.7 cm³/mol. The Morgan fingerprint density at radius 2 is 2.06 bits per heavy atom. The number of benzene rings is 1. The van der Waals surface area contributed by atoms with Crippen molar-refractivity contribution in [2.45, 2.75) is 6.04 Å². The number of anilines is 1. The summed E-state index contributed by atoms with van der Waals surface area (Å²) in [5.74, 6) is -0.262. The molecule has 90 valence electrons. The second-order valence-electron chi connectivity index (χ2n) is 3.88. The number of rotatable bonds is 3. The van der Waals surface area contributed by atoms with Crippen molar-refractivity contribution in [3.8, 4) is 0 Å². The molecule has 1 aliphatic heterocycles. The number of likely N-dealkylation sites (N-methyl/N-ethyl adjacent to an activating group) is 2. The van der Waals surface area contributed by atoms with Gasteiger partial charge in [-0.2, -0.15) is 0 Å². The maximum atomic E-state index is 12.1. The number of nitrogens with one attached hydrogen (secondary N) is 2. The molecule has 0 spiro atoms. The van der Waals surface area contributed by atoms with Crippen LogP contribution in [-0.2, 0) is 9.59 Å². The molecule has 5 nitrogen and oxygen atoms in total. The van der Waals surface area contributed by atoms with Gasteiger partial charge in [0.05, 0.1) is 0 Å². The third kappa shape index (κ3) is 1.89. The molecule has 0 aromatic heterocycles. The van der Waals surface area contributed by atoms with Crippen molar-refractivity contribution < 1.29 is 9.59 Å². The highest BCUT2D eigenvalue weighted by Crippen LogP contribution is 2.34. The molecule has 0 saturated heterocycles. The maximum Gasteiger partial charge on any atom is 0.249 e. The molecule has 1 unspecified atom stereocenters. The first-order valence-corrected chi connectivity index (χ1v) is 5.47. The average molecular weight is 233 g/mol. The van der Waals surface area contributed by atoms with Crippen LogP contribution in [0.1, 0.15) is 11.6 Å². The zero-order chi connectivity index (χ0) is 12.4. The second kappa shape index (κ2) is 4.55. The van der Waals surface area contributed by atoms with Crippen LogP contribution in [0.25, 0.3) is 0 Å². The van der Waals surface area contributed by atoms with Crippen molar-refractivity contribution in [2.24, 2.45) is 0 Å². The molecule has 0 saturated carbocycles. The van der Waals surface area contributed by atoms with E-state index in [1.54, 1.807) is 14.1 Å². The molecule has 2 rings (SSSR count). The van der Waals surface area contributed by atoms with E-state index in [9.17, 15) is 9.59 Å². The Balaban J connectivity index is 2.35. The minimum atomic E-state index is -0.351. The summed E-state index contributed by atoms with van der Waals surface area (Å²) in [5, 5.41) is 5.49. The van der Waals surface area contributed by atoms with E-state index in [1.807, 2.05) is 24.3 Å². The van der Waals surface area contributed by atoms with Gasteiger partial charge in [-0.05, 0) is 13.1 Å². The molecule has 1 heterocycles. The molecular formula is C12H15N3O2. The molecule has 1 aromatic rings. The molecule has 1 aromatic carbocycles. The van der Waals surface area contributed by atoms with E-state index in [-0.39, 0.29) is 24.4 Å². The van der Waals surface area contributed by atoms with E-state index in [1.165, 1.54) is 4.90 Å². The second-order valence-corrected chi connectivity index (χ2v) is 3.88. The molecule has 2 N–H and O–H groups in total. The normalized spacial score (nSPS) is 18.1. The summed E-state index contributed by atoms with van der Waals surface area (Å²) in [7, 11) is 3.30. The van der Waals surface area contributed by atoms with Crippen LogP contribution >= 0.6 is 0 Å². The van der Waals surface area contributed by atoms with Gasteiger partial charge in [0.25, 0.3) is 0 Å². The minimum absolute atomic E-state index is 0.0600. The largest absolute Gasteiger partial charge is 0.358 e. The first kappa shape index (κ1) is 11.6. The molecule has 0 aliphatic carbocycles. The van der Waals surface area contributed by atoms with E-state index < -0.39 is 0 Å². The highest BCUT2D eigenvalue weighted by Gasteiger charge is 2.36. The van der Waals surface area contributed by atoms with Crippen LogP contribution < -0.4 is 15.5 Å². The maximum absolute atomic E-state index is 12.1. The fraction of sp³-hybridized carbons (Fsp3) is 0.333. The van der Waals surface area contributed by atoms with Crippen LogP contribution in [0.5, 0.6) is 0 Å². The molecule has 0 radical (unpaired) electrons. The van der Waals surface area contributed by atoms with E-state index >= 15 is 0 Å². The van der Waals surface area contributed by atoms with E-state index in [4.69, 9.17) is 0 Å². The van der Waals surface area contributed by atoms with Crippen molar-refractivity contribution >= 4 is 17.5 Å². The van der Waals surface area contributed by atoms with Gasteiger partial charge in [-0.25, -0.2) is 0 Å². The lowest BCUT2D eigenvalue weighted by Gasteiger charge is -2.16. The van der Waals surface area contributed by atoms with Crippen molar-refractivity contribution in [3.05, 3.63) is 29.8 Å². The summed E-state index contributed by atoms with van der Waals surface area (Å²) in [5.41, 5.74) is 1.73. The third-order valence-corrected chi connectivity index (χ3v) is 2.92. The average Bonchev–Trinajstić information content (AvgIpc) is 2.62. The topological polar surface area (TPSA) is 61.4 Å². The van der Waals surface area contributed by atoms with Crippen LogP contribution in [0.3, 0.4) is 0 Å². The number of fused-ring (bicyclic) bond motifs is 1. The molecule has 1 aliphatic rings. The fourth-order valence-electron chi connectivity index (χ4n) is 2.05. The van der Waals surface area contributed by atoms with Crippen LogP contribution in [-0.4, -0.2) is 32.5 Å². The van der Waals surface area contributed by atoms with Gasteiger partial charge in [0.2, 0.25) is 11.8 Å². The summed E-state index contributed by atoms with van der Waals surface area (Å²) in [6, 6.07) is 7.16. The van der Waals surface area contributed by atoms with Gasteiger partial charge < -0.3 is 15.5 Å². The number of carbonyl (C=O) groups is 2. The smallest absolute Gasteiger partial charge is 0.249 e. The molecule has 0 bridgehead atoms. The van der Waals surface area contributed by atoms with Gasteiger partial charge in [0, 0.05) is 18.3 Å². The van der Waals surface area contributed by atoms with E-state index in [0.29, 0.717) is 0 Å². The van der Waals surface area contributed by atoms with Gasteiger partial charge in [-0.3, -0.25) is 9.59 Å². The number of amides is 2. The van der Waals surface area contributed by atoms with Crippen LogP contribution in [0.4, 0.5) is 5.69 Å². The van der Waals surface area contributed by atoms with Gasteiger partial charge in [0.15, 0.2) is 0 Å². The summed E-state index contributed by atoms with van der Waals surface area (Å²) in [6.07, 6.45) is 0. The molecular weight excluding hydrogens is 218 g/mol. The highest BCUT2D eigenvalue weighted by atomic mass is 16.2. The summed E-state index contributed by atoms with van der Waals surface area (Å²) in [6.45, 7) is 0.0600. The quantitative estimate of drug-likeness (QED) is 0.775. The summed E-state index contributed by atoms with van der Waals surface area (Å²) < 4.78 is 0. The molecule has 5 heteroatoms. The van der Waals surface area contributed by atoms with Crippen LogP contribution in [0.15, 0.2) is 24.3 Å². The van der Waals surface area contributed by atoms with Gasteiger partial charge in [-0.15, -0.1) is 0 Å². The number of nitrogens with zero attached hydrogens (tertiary/aromatic N) is 1. The monoisotopic (exact) mass is 233 g/mol. The van der Waals surface area contributed by atoms with Crippen molar-refractivity contribution in [1.29, 1.82) is 0 Å². The lowest BCUT2D eigenvalue weighted by atomic mass is 10.1. The van der Waals surface area contributed by atoms with Crippen LogP contribution in [0.2, 0.25) is 0 Å². The Morgan fingerprint density at radius 1 is 1.35 bits per heavy atom. The first-order chi connectivity index (χ1) is 8.19. The van der Waals surface area contributed by atoms with Gasteiger partial charge >= 0.3 is 0 Å². The summed E-state index contributed by atoms with van der Waals surface area (Å²) >= 11 is 0. The SMILES string of the molecule is CNC(=O)CN1C(=O)C(NC)c2ccccc21. The molecule has 2 amide bonds. The Hall–Kier alpha value is -1.88. The summed E-state index contributed by atoms with van der Waals surface area (Å²) in [4.78, 5) is 25.0. The first-order valence-electron chi connectivity index (χ1n) is 5.47. The van der Waals surface area contributed by atoms with Crippen molar-refractivity contribution in [3.63, 3.8) is 0 Å². The fourth-order valence-corrected chi connectivity index (χ4v) is 2.05. The molecule has 1 atom stereocenters. The number of para-hydroxylation sites is 1. The Labute approximate surface area is 99.8 Å². The van der Waals surface area contributed by atoms with Crippen molar-refractivity contribution in [2.75, 3.05) is 25.5 Å². The Bertz CT molecular complexity index is 459. The zero-order valence-electron chi connectivity index (χ0n) is 9.86. The standard InChI is InChI=1S/C12H15N3O2/c1-13-10(16)7-15-9-6-4-3-5-8(9)11(14-2)12(15)17/h3-6,11,14H,7H2,1-2H3,(H,13,16). The van der Waals surface area contributed by atoms with Gasteiger partial charge in [-0.1, -0.05) is 18.2 Å². The number of hydrogen-bond acceptors (Lipinski definition) is 3. The van der Waals surface area contributed by atoms with E-state index in [2.05, 4.69) is 10.6 Å². The lowest BCUT2D eigenvalue weighted by Crippen LogP contribution is -2.40. The predicted octanol–water partition coefficient (Wildman–Crippen LogP) is 0.0397. The van der Waals surface area contributed by atoms with E-state index in [0.717, 1.165) is 11.3 Å². The lowest BCUT2D eigenvalue weighted by molar-refractivity contribution is -0.124. The molecule has 17 heavy (non-hydrogen) atoms. The van der Waals surface area contributed by atoms with Gasteiger partial charge in [0.1, 0.15) is 12.6 Å². The number of hydrogen-bond donors (Lipinski definition) is 2. The Morgan fingerprint density at radius 3 is 2.71 bits per heavy atom. The van der Waals surface area contributed by atoms with Crippen molar-refractivity contribution in [1.82, 2.24) is 10.6 Å². The molecule has 0 fully saturated rings. The zero-order valence-corrected chi connectivity index (χ0v) is 9.86. The third-order valence-electron chi connectivity index (χ3n) is 2.92. The van der Waals surface area contributed by atoms with Crippen LogP contribution in [0, 0.1) is 0 Å².